The number of halogens is 2. The van der Waals surface area contributed by atoms with Gasteiger partial charge in [-0.1, -0.05) is 59.6 Å². The van der Waals surface area contributed by atoms with Crippen molar-refractivity contribution in [3.8, 4) is 17.2 Å². The number of rotatable bonds is 6. The fraction of sp³-hybridized carbons (Fsp3) is 0.174. The first-order valence-corrected chi connectivity index (χ1v) is 10.2. The van der Waals surface area contributed by atoms with Gasteiger partial charge in [0, 0.05) is 12.1 Å². The van der Waals surface area contributed by atoms with Gasteiger partial charge in [0.25, 0.3) is 5.91 Å². The van der Waals surface area contributed by atoms with Crippen molar-refractivity contribution in [1.82, 2.24) is 5.32 Å². The number of carbonyl (C=O) groups is 1. The number of benzene rings is 3. The fourth-order valence-electron chi connectivity index (χ4n) is 3.07. The summed E-state index contributed by atoms with van der Waals surface area (Å²) in [4.78, 5) is 12.5. The van der Waals surface area contributed by atoms with E-state index >= 15 is 0 Å². The minimum atomic E-state index is -0.307. The van der Waals surface area contributed by atoms with Crippen LogP contribution >= 0.6 is 23.2 Å². The van der Waals surface area contributed by atoms with Crippen molar-refractivity contribution in [2.75, 3.05) is 13.2 Å². The van der Waals surface area contributed by atoms with E-state index in [0.717, 1.165) is 11.3 Å². The lowest BCUT2D eigenvalue weighted by Crippen LogP contribution is -2.34. The number of carbonyl (C=O) groups excluding carboxylic acids is 1. The Morgan fingerprint density at radius 3 is 2.63 bits per heavy atom. The van der Waals surface area contributed by atoms with Gasteiger partial charge < -0.3 is 19.5 Å². The molecule has 30 heavy (non-hydrogen) atoms. The standard InChI is InChI=1S/C23H19Cl2NO4/c24-18-8-5-7-17(22(18)25)23(27)26-12-15-6-1-2-9-19(15)28-13-16-14-29-20-10-3-4-11-21(20)30-16/h1-11,16H,12-14H2,(H,26,27). The molecule has 0 radical (unpaired) electrons. The Labute approximate surface area is 184 Å². The molecule has 3 aromatic rings. The molecule has 0 aliphatic carbocycles. The molecule has 4 rings (SSSR count). The van der Waals surface area contributed by atoms with Crippen LogP contribution in [0.15, 0.2) is 66.7 Å². The zero-order chi connectivity index (χ0) is 20.9. The molecule has 1 aliphatic rings. The predicted octanol–water partition coefficient (Wildman–Crippen LogP) is 5.14. The summed E-state index contributed by atoms with van der Waals surface area (Å²) in [6.45, 7) is 1.01. The molecular weight excluding hydrogens is 425 g/mol. The molecule has 1 amide bonds. The number of para-hydroxylation sites is 3. The number of ether oxygens (including phenoxy) is 3. The van der Waals surface area contributed by atoms with Crippen molar-refractivity contribution in [3.63, 3.8) is 0 Å². The second-order valence-electron chi connectivity index (χ2n) is 6.70. The molecule has 0 fully saturated rings. The van der Waals surface area contributed by atoms with Gasteiger partial charge >= 0.3 is 0 Å². The van der Waals surface area contributed by atoms with Gasteiger partial charge in [-0.2, -0.15) is 0 Å². The summed E-state index contributed by atoms with van der Waals surface area (Å²) in [7, 11) is 0. The smallest absolute Gasteiger partial charge is 0.253 e. The third-order valence-corrected chi connectivity index (χ3v) is 5.42. The summed E-state index contributed by atoms with van der Waals surface area (Å²) in [5.74, 6) is 1.79. The minimum absolute atomic E-state index is 0.229. The molecule has 154 valence electrons. The van der Waals surface area contributed by atoms with Crippen molar-refractivity contribution in [3.05, 3.63) is 87.9 Å². The predicted molar refractivity (Wildman–Crippen MR) is 116 cm³/mol. The van der Waals surface area contributed by atoms with E-state index in [0.29, 0.717) is 35.3 Å². The van der Waals surface area contributed by atoms with Crippen molar-refractivity contribution in [2.24, 2.45) is 0 Å². The topological polar surface area (TPSA) is 56.8 Å². The Hall–Kier alpha value is -2.89. The molecule has 7 heteroatoms. The number of fused-ring (bicyclic) bond motifs is 1. The van der Waals surface area contributed by atoms with E-state index in [1.807, 2.05) is 48.5 Å². The highest BCUT2D eigenvalue weighted by molar-refractivity contribution is 6.43. The van der Waals surface area contributed by atoms with Gasteiger partial charge in [0.2, 0.25) is 0 Å². The van der Waals surface area contributed by atoms with Crippen LogP contribution in [0.25, 0.3) is 0 Å². The molecule has 0 saturated heterocycles. The van der Waals surface area contributed by atoms with E-state index in [4.69, 9.17) is 37.4 Å². The molecular formula is C23H19Cl2NO4. The van der Waals surface area contributed by atoms with Gasteiger partial charge in [-0.25, -0.2) is 0 Å². The summed E-state index contributed by atoms with van der Waals surface area (Å²) < 4.78 is 17.6. The van der Waals surface area contributed by atoms with E-state index in [1.165, 1.54) is 0 Å². The highest BCUT2D eigenvalue weighted by Gasteiger charge is 2.21. The van der Waals surface area contributed by atoms with Gasteiger partial charge in [-0.05, 0) is 30.3 Å². The van der Waals surface area contributed by atoms with Gasteiger partial charge in [-0.3, -0.25) is 4.79 Å². The van der Waals surface area contributed by atoms with Crippen LogP contribution < -0.4 is 19.5 Å². The lowest BCUT2D eigenvalue weighted by atomic mass is 10.1. The van der Waals surface area contributed by atoms with Crippen LogP contribution in [0, 0.1) is 0 Å². The number of hydrogen-bond acceptors (Lipinski definition) is 4. The normalized spacial score (nSPS) is 14.8. The van der Waals surface area contributed by atoms with E-state index in [2.05, 4.69) is 5.32 Å². The van der Waals surface area contributed by atoms with Crippen LogP contribution in [0.4, 0.5) is 0 Å². The first kappa shape index (κ1) is 20.4. The first-order chi connectivity index (χ1) is 14.6. The highest BCUT2D eigenvalue weighted by Crippen LogP contribution is 2.31. The Bertz CT molecular complexity index is 1060. The third-order valence-electron chi connectivity index (χ3n) is 4.60. The lowest BCUT2D eigenvalue weighted by Gasteiger charge is -2.26. The Balaban J connectivity index is 1.37. The second-order valence-corrected chi connectivity index (χ2v) is 7.49. The second kappa shape index (κ2) is 9.28. The molecule has 3 aromatic carbocycles. The molecule has 5 nitrogen and oxygen atoms in total. The van der Waals surface area contributed by atoms with Crippen molar-refractivity contribution in [2.45, 2.75) is 12.6 Å². The molecule has 0 bridgehead atoms. The van der Waals surface area contributed by atoms with E-state index < -0.39 is 0 Å². The SMILES string of the molecule is O=C(NCc1ccccc1OCC1COc2ccccc2O1)c1cccc(Cl)c1Cl. The van der Waals surface area contributed by atoms with E-state index in [9.17, 15) is 4.79 Å². The van der Waals surface area contributed by atoms with Crippen molar-refractivity contribution < 1.29 is 19.0 Å². The summed E-state index contributed by atoms with van der Waals surface area (Å²) >= 11 is 12.1. The lowest BCUT2D eigenvalue weighted by molar-refractivity contribution is 0.0532. The number of hydrogen-bond donors (Lipinski definition) is 1. The highest BCUT2D eigenvalue weighted by atomic mass is 35.5. The zero-order valence-electron chi connectivity index (χ0n) is 15.9. The molecule has 1 unspecified atom stereocenters. The van der Waals surface area contributed by atoms with Crippen molar-refractivity contribution >= 4 is 29.1 Å². The van der Waals surface area contributed by atoms with Gasteiger partial charge in [0.05, 0.1) is 15.6 Å². The number of nitrogens with one attached hydrogen (secondary N) is 1. The van der Waals surface area contributed by atoms with Gasteiger partial charge in [-0.15, -0.1) is 0 Å². The average Bonchev–Trinajstić information content (AvgIpc) is 2.78. The Morgan fingerprint density at radius 1 is 1.00 bits per heavy atom. The monoisotopic (exact) mass is 443 g/mol. The molecule has 0 saturated carbocycles. The van der Waals surface area contributed by atoms with Crippen molar-refractivity contribution in [1.29, 1.82) is 0 Å². The summed E-state index contributed by atoms with van der Waals surface area (Å²) in [5.41, 5.74) is 1.16. The van der Waals surface area contributed by atoms with Crippen LogP contribution in [0.2, 0.25) is 10.0 Å². The van der Waals surface area contributed by atoms with Crippen LogP contribution in [-0.4, -0.2) is 25.2 Å². The Kier molecular flexibility index (Phi) is 6.31. The van der Waals surface area contributed by atoms with Crippen LogP contribution in [-0.2, 0) is 6.54 Å². The maximum absolute atomic E-state index is 12.5. The Morgan fingerprint density at radius 2 is 1.77 bits per heavy atom. The summed E-state index contributed by atoms with van der Waals surface area (Å²) in [5, 5.41) is 3.43. The molecule has 0 aromatic heterocycles. The van der Waals surface area contributed by atoms with Crippen LogP contribution in [0.1, 0.15) is 15.9 Å². The molecule has 1 atom stereocenters. The van der Waals surface area contributed by atoms with E-state index in [1.54, 1.807) is 18.2 Å². The maximum atomic E-state index is 12.5. The van der Waals surface area contributed by atoms with E-state index in [-0.39, 0.29) is 23.6 Å². The average molecular weight is 444 g/mol. The fourth-order valence-corrected chi connectivity index (χ4v) is 3.45. The van der Waals surface area contributed by atoms with Gasteiger partial charge in [0.1, 0.15) is 19.0 Å². The summed E-state index contributed by atoms with van der Waals surface area (Å²) in [6.07, 6.45) is -0.229. The maximum Gasteiger partial charge on any atom is 0.253 e. The summed E-state index contributed by atoms with van der Waals surface area (Å²) in [6, 6.07) is 20.0. The molecule has 1 N–H and O–H groups in total. The molecule has 1 heterocycles. The zero-order valence-corrected chi connectivity index (χ0v) is 17.5. The third kappa shape index (κ3) is 4.64. The minimum Gasteiger partial charge on any atom is -0.489 e. The van der Waals surface area contributed by atoms with Crippen LogP contribution in [0.3, 0.4) is 0 Å². The van der Waals surface area contributed by atoms with Gasteiger partial charge in [0.15, 0.2) is 17.6 Å². The molecule has 1 aliphatic heterocycles. The van der Waals surface area contributed by atoms with Crippen LogP contribution in [0.5, 0.6) is 17.2 Å². The number of amides is 1. The first-order valence-electron chi connectivity index (χ1n) is 9.43. The molecule has 0 spiro atoms. The largest absolute Gasteiger partial charge is 0.489 e. The quantitative estimate of drug-likeness (QED) is 0.572.